The van der Waals surface area contributed by atoms with Crippen molar-refractivity contribution >= 4 is 17.4 Å². The van der Waals surface area contributed by atoms with Crippen molar-refractivity contribution in [2.45, 2.75) is 32.5 Å². The Hall–Kier alpha value is -1.01. The minimum atomic E-state index is -4.45. The fourth-order valence-electron chi connectivity index (χ4n) is 1.50. The quantitative estimate of drug-likeness (QED) is 0.835. The molecule has 1 aromatic heterocycles. The van der Waals surface area contributed by atoms with Crippen LogP contribution in [0.5, 0.6) is 0 Å². The van der Waals surface area contributed by atoms with Crippen LogP contribution in [0.1, 0.15) is 26.3 Å². The maximum absolute atomic E-state index is 12.6. The summed E-state index contributed by atoms with van der Waals surface area (Å²) >= 11 is 5.58. The van der Waals surface area contributed by atoms with Gasteiger partial charge in [0, 0.05) is 13.2 Å². The van der Waals surface area contributed by atoms with Crippen molar-refractivity contribution < 1.29 is 17.9 Å². The lowest BCUT2D eigenvalue weighted by atomic mass is 10.1. The van der Waals surface area contributed by atoms with Crippen LogP contribution in [-0.2, 0) is 10.9 Å². The monoisotopic (exact) mass is 296 g/mol. The Balaban J connectivity index is 2.82. The molecule has 1 heterocycles. The van der Waals surface area contributed by atoms with Gasteiger partial charge in [-0.1, -0.05) is 11.6 Å². The lowest BCUT2D eigenvalue weighted by molar-refractivity contribution is -0.137. The highest BCUT2D eigenvalue weighted by atomic mass is 35.5. The van der Waals surface area contributed by atoms with Gasteiger partial charge < -0.3 is 10.1 Å². The van der Waals surface area contributed by atoms with Crippen molar-refractivity contribution in [2.75, 3.05) is 18.5 Å². The first-order valence-electron chi connectivity index (χ1n) is 5.76. The highest BCUT2D eigenvalue weighted by Gasteiger charge is 2.31. The van der Waals surface area contributed by atoms with E-state index < -0.39 is 17.3 Å². The molecule has 1 N–H and O–H groups in total. The van der Waals surface area contributed by atoms with Crippen molar-refractivity contribution in [1.82, 2.24) is 4.98 Å². The lowest BCUT2D eigenvalue weighted by Crippen LogP contribution is -2.33. The molecule has 0 fully saturated rings. The van der Waals surface area contributed by atoms with Crippen molar-refractivity contribution in [1.29, 1.82) is 0 Å². The van der Waals surface area contributed by atoms with E-state index in [9.17, 15) is 13.2 Å². The molecule has 3 nitrogen and oxygen atoms in total. The van der Waals surface area contributed by atoms with Gasteiger partial charge in [-0.25, -0.2) is 4.98 Å². The lowest BCUT2D eigenvalue weighted by Gasteiger charge is -2.25. The zero-order valence-corrected chi connectivity index (χ0v) is 11.7. The second-order valence-electron chi connectivity index (χ2n) is 4.61. The smallest absolute Gasteiger partial charge is 0.374 e. The largest absolute Gasteiger partial charge is 0.416 e. The number of nitrogens with one attached hydrogen (secondary N) is 1. The third-order valence-electron chi connectivity index (χ3n) is 2.35. The Morgan fingerprint density at radius 1 is 1.32 bits per heavy atom. The van der Waals surface area contributed by atoms with E-state index in [0.29, 0.717) is 13.2 Å². The van der Waals surface area contributed by atoms with Crippen molar-refractivity contribution in [3.05, 3.63) is 22.8 Å². The number of hydrogen-bond donors (Lipinski definition) is 1. The Bertz CT molecular complexity index is 435. The van der Waals surface area contributed by atoms with Gasteiger partial charge in [0.2, 0.25) is 0 Å². The predicted molar refractivity (Wildman–Crippen MR) is 68.4 cm³/mol. The van der Waals surface area contributed by atoms with E-state index in [0.717, 1.165) is 12.1 Å². The molecule has 0 radical (unpaired) electrons. The zero-order chi connectivity index (χ0) is 14.7. The van der Waals surface area contributed by atoms with Crippen molar-refractivity contribution in [3.63, 3.8) is 0 Å². The molecule has 0 atom stereocenters. The number of nitrogens with zero attached hydrogens (tertiary/aromatic N) is 1. The van der Waals surface area contributed by atoms with Crippen molar-refractivity contribution in [3.8, 4) is 0 Å². The molecule has 0 aromatic carbocycles. The molecule has 1 aromatic rings. The molecule has 0 saturated heterocycles. The van der Waals surface area contributed by atoms with E-state index in [4.69, 9.17) is 16.3 Å². The Kier molecular flexibility index (Phi) is 5.04. The van der Waals surface area contributed by atoms with E-state index in [1.165, 1.54) is 0 Å². The van der Waals surface area contributed by atoms with E-state index in [1.54, 1.807) is 0 Å². The summed E-state index contributed by atoms with van der Waals surface area (Å²) in [7, 11) is 0. The number of aromatic nitrogens is 1. The van der Waals surface area contributed by atoms with Crippen LogP contribution in [0.2, 0.25) is 5.15 Å². The number of ether oxygens (including phenoxy) is 1. The van der Waals surface area contributed by atoms with E-state index in [-0.39, 0.29) is 11.0 Å². The number of hydrogen-bond acceptors (Lipinski definition) is 3. The molecule has 0 unspecified atom stereocenters. The summed E-state index contributed by atoms with van der Waals surface area (Å²) in [5.41, 5.74) is -1.33. The molecule has 0 aliphatic carbocycles. The summed E-state index contributed by atoms with van der Waals surface area (Å²) < 4.78 is 43.2. The third-order valence-corrected chi connectivity index (χ3v) is 2.55. The first-order valence-corrected chi connectivity index (χ1v) is 6.14. The molecular formula is C12H16ClF3N2O. The molecule has 0 amide bonds. The van der Waals surface area contributed by atoms with Crippen LogP contribution in [0.25, 0.3) is 0 Å². The Morgan fingerprint density at radius 2 is 1.95 bits per heavy atom. The minimum Gasteiger partial charge on any atom is -0.374 e. The van der Waals surface area contributed by atoms with Gasteiger partial charge in [-0.3, -0.25) is 0 Å². The fraction of sp³-hybridized carbons (Fsp3) is 0.583. The van der Waals surface area contributed by atoms with Crippen molar-refractivity contribution in [2.24, 2.45) is 0 Å². The molecular weight excluding hydrogens is 281 g/mol. The Morgan fingerprint density at radius 3 is 2.47 bits per heavy atom. The van der Waals surface area contributed by atoms with E-state index in [2.05, 4.69) is 10.3 Å². The van der Waals surface area contributed by atoms with Crippen LogP contribution in [0, 0.1) is 0 Å². The van der Waals surface area contributed by atoms with Crippen LogP contribution in [-0.4, -0.2) is 23.7 Å². The summed E-state index contributed by atoms with van der Waals surface area (Å²) in [6, 6.07) is 1.72. The van der Waals surface area contributed by atoms with Crippen LogP contribution in [0.15, 0.2) is 12.1 Å². The SMILES string of the molecule is CCOC(C)(C)CNc1cc(C(F)(F)F)cc(Cl)n1. The maximum Gasteiger partial charge on any atom is 0.416 e. The molecule has 0 saturated carbocycles. The molecule has 0 aliphatic heterocycles. The molecule has 0 bridgehead atoms. The molecule has 0 aliphatic rings. The normalized spacial score (nSPS) is 12.6. The second kappa shape index (κ2) is 5.96. The number of halogens is 4. The number of rotatable bonds is 5. The third kappa shape index (κ3) is 5.24. The van der Waals surface area contributed by atoms with Gasteiger partial charge >= 0.3 is 6.18 Å². The summed E-state index contributed by atoms with van der Waals surface area (Å²) in [4.78, 5) is 3.81. The van der Waals surface area contributed by atoms with Crippen LogP contribution >= 0.6 is 11.6 Å². The van der Waals surface area contributed by atoms with Gasteiger partial charge in [0.1, 0.15) is 11.0 Å². The van der Waals surface area contributed by atoms with Gasteiger partial charge in [0.15, 0.2) is 0 Å². The van der Waals surface area contributed by atoms with Crippen LogP contribution in [0.4, 0.5) is 19.0 Å². The second-order valence-corrected chi connectivity index (χ2v) is 5.00. The highest BCUT2D eigenvalue weighted by Crippen LogP contribution is 2.32. The van der Waals surface area contributed by atoms with Crippen LogP contribution < -0.4 is 5.32 Å². The summed E-state index contributed by atoms with van der Waals surface area (Å²) in [6.45, 7) is 6.36. The first kappa shape index (κ1) is 16.0. The Labute approximate surface area is 115 Å². The average Bonchev–Trinajstić information content (AvgIpc) is 2.24. The highest BCUT2D eigenvalue weighted by molar-refractivity contribution is 6.29. The van der Waals surface area contributed by atoms with Gasteiger partial charge in [0.25, 0.3) is 0 Å². The van der Waals surface area contributed by atoms with Gasteiger partial charge in [0.05, 0.1) is 11.2 Å². The van der Waals surface area contributed by atoms with Crippen LogP contribution in [0.3, 0.4) is 0 Å². The molecule has 108 valence electrons. The predicted octanol–water partition coefficient (Wildman–Crippen LogP) is 3.98. The average molecular weight is 297 g/mol. The maximum atomic E-state index is 12.6. The summed E-state index contributed by atoms with van der Waals surface area (Å²) in [5, 5.41) is 2.60. The minimum absolute atomic E-state index is 0.0765. The number of pyridine rings is 1. The topological polar surface area (TPSA) is 34.1 Å². The standard InChI is InChI=1S/C12H16ClF3N2O/c1-4-19-11(2,3)7-17-10-6-8(12(14,15)16)5-9(13)18-10/h5-6H,4,7H2,1-3H3,(H,17,18). The van der Waals surface area contributed by atoms with E-state index >= 15 is 0 Å². The summed E-state index contributed by atoms with van der Waals surface area (Å²) in [6.07, 6.45) is -4.45. The molecule has 0 spiro atoms. The zero-order valence-electron chi connectivity index (χ0n) is 10.9. The molecule has 19 heavy (non-hydrogen) atoms. The molecule has 7 heteroatoms. The first-order chi connectivity index (χ1) is 8.64. The van der Waals surface area contributed by atoms with E-state index in [1.807, 2.05) is 20.8 Å². The van der Waals surface area contributed by atoms with Gasteiger partial charge in [-0.15, -0.1) is 0 Å². The van der Waals surface area contributed by atoms with Gasteiger partial charge in [-0.2, -0.15) is 13.2 Å². The number of alkyl halides is 3. The molecule has 1 rings (SSSR count). The fourth-order valence-corrected chi connectivity index (χ4v) is 1.70. The summed E-state index contributed by atoms with van der Waals surface area (Å²) in [5.74, 6) is 0.0765. The number of anilines is 1. The van der Waals surface area contributed by atoms with Gasteiger partial charge in [-0.05, 0) is 32.9 Å².